The summed E-state index contributed by atoms with van der Waals surface area (Å²) >= 11 is 0. The van der Waals surface area contributed by atoms with E-state index in [4.69, 9.17) is 4.74 Å². The molecule has 2 aromatic rings. The highest BCUT2D eigenvalue weighted by Crippen LogP contribution is 2.10. The minimum absolute atomic E-state index is 0.00862. The third-order valence-electron chi connectivity index (χ3n) is 2.95. The first-order chi connectivity index (χ1) is 10.9. The van der Waals surface area contributed by atoms with Gasteiger partial charge >= 0.3 is 5.69 Å². The Morgan fingerprint density at radius 3 is 2.74 bits per heavy atom. The molecule has 0 aromatic carbocycles. The molecule has 4 N–H and O–H groups in total. The lowest BCUT2D eigenvalue weighted by Crippen LogP contribution is -2.33. The molecule has 126 valence electrons. The van der Waals surface area contributed by atoms with Gasteiger partial charge in [0.1, 0.15) is 10.5 Å². The predicted molar refractivity (Wildman–Crippen MR) is 82.9 cm³/mol. The maximum absolute atomic E-state index is 12.2. The van der Waals surface area contributed by atoms with Crippen LogP contribution in [0.25, 0.3) is 11.0 Å². The zero-order valence-corrected chi connectivity index (χ0v) is 13.2. The van der Waals surface area contributed by atoms with E-state index in [9.17, 15) is 18.0 Å². The van der Waals surface area contributed by atoms with E-state index in [0.717, 1.165) is 12.3 Å². The van der Waals surface area contributed by atoms with E-state index < -0.39 is 21.3 Å². The smallest absolute Gasteiger partial charge is 0.327 e. The summed E-state index contributed by atoms with van der Waals surface area (Å²) in [5, 5.41) is 2.98. The highest BCUT2D eigenvalue weighted by atomic mass is 32.2. The van der Waals surface area contributed by atoms with Crippen molar-refractivity contribution in [2.75, 3.05) is 33.4 Å². The fourth-order valence-electron chi connectivity index (χ4n) is 1.83. The summed E-state index contributed by atoms with van der Waals surface area (Å²) in [6, 6.07) is 1.16. The van der Waals surface area contributed by atoms with Crippen molar-refractivity contribution in [2.24, 2.45) is 0 Å². The summed E-state index contributed by atoms with van der Waals surface area (Å²) in [5.74, 6) is 0. The Balaban J connectivity index is 2.12. The second kappa shape index (κ2) is 7.46. The lowest BCUT2D eigenvalue weighted by atomic mass is 10.3. The summed E-state index contributed by atoms with van der Waals surface area (Å²) in [6.45, 7) is 1.74. The molecule has 0 aliphatic carbocycles. The molecule has 2 heterocycles. The van der Waals surface area contributed by atoms with Gasteiger partial charge in [-0.25, -0.2) is 22.9 Å². The maximum Gasteiger partial charge on any atom is 0.327 e. The minimum atomic E-state index is -3.80. The number of aromatic amines is 2. The van der Waals surface area contributed by atoms with E-state index >= 15 is 0 Å². The Labute approximate surface area is 131 Å². The van der Waals surface area contributed by atoms with Crippen LogP contribution in [0.2, 0.25) is 0 Å². The predicted octanol–water partition coefficient (Wildman–Crippen LogP) is -1.87. The lowest BCUT2D eigenvalue weighted by Gasteiger charge is -2.08. The Kier molecular flexibility index (Phi) is 5.60. The first kappa shape index (κ1) is 17.3. The summed E-state index contributed by atoms with van der Waals surface area (Å²) in [4.78, 5) is 30.8. The lowest BCUT2D eigenvalue weighted by molar-refractivity contribution is 0.199. The monoisotopic (exact) mass is 343 g/mol. The van der Waals surface area contributed by atoms with Crippen LogP contribution in [0.4, 0.5) is 0 Å². The van der Waals surface area contributed by atoms with Crippen molar-refractivity contribution < 1.29 is 13.2 Å². The molecule has 0 saturated carbocycles. The number of methoxy groups -OCH3 is 1. The molecule has 0 radical (unpaired) electrons. The molecule has 0 spiro atoms. The summed E-state index contributed by atoms with van der Waals surface area (Å²) < 4.78 is 31.6. The highest BCUT2D eigenvalue weighted by molar-refractivity contribution is 7.89. The third kappa shape index (κ3) is 4.45. The third-order valence-corrected chi connectivity index (χ3v) is 4.38. The molecule has 0 fully saturated rings. The first-order valence-corrected chi connectivity index (χ1v) is 8.24. The van der Waals surface area contributed by atoms with Gasteiger partial charge in [0, 0.05) is 32.9 Å². The minimum Gasteiger partial charge on any atom is -0.383 e. The molecule has 23 heavy (non-hydrogen) atoms. The molecule has 0 saturated heterocycles. The standard InChI is InChI=1S/C12H17N5O5S/c1-22-5-4-13-2-3-15-23(20,21)8-6-9-10(14-7-8)16-12(19)17-11(9)18/h6-7,13,15H,2-5H2,1H3,(H2,14,16,17,18,19). The normalized spacial score (nSPS) is 11.9. The highest BCUT2D eigenvalue weighted by Gasteiger charge is 2.15. The number of ether oxygens (including phenoxy) is 1. The fourth-order valence-corrected chi connectivity index (χ4v) is 2.83. The maximum atomic E-state index is 12.2. The summed E-state index contributed by atoms with van der Waals surface area (Å²) in [5.41, 5.74) is -1.38. The molecule has 0 bridgehead atoms. The number of rotatable bonds is 8. The van der Waals surface area contributed by atoms with Crippen LogP contribution >= 0.6 is 0 Å². The van der Waals surface area contributed by atoms with E-state index in [1.54, 1.807) is 7.11 Å². The molecule has 2 rings (SSSR count). The number of nitrogens with one attached hydrogen (secondary N) is 4. The van der Waals surface area contributed by atoms with Gasteiger partial charge in [0.2, 0.25) is 10.0 Å². The Hall–Kier alpha value is -2.08. The number of hydrogen-bond donors (Lipinski definition) is 4. The van der Waals surface area contributed by atoms with Crippen LogP contribution in [0, 0.1) is 0 Å². The van der Waals surface area contributed by atoms with E-state index in [2.05, 4.69) is 20.0 Å². The van der Waals surface area contributed by atoms with Crippen molar-refractivity contribution in [1.82, 2.24) is 25.0 Å². The number of sulfonamides is 1. The number of hydrogen-bond acceptors (Lipinski definition) is 7. The van der Waals surface area contributed by atoms with Crippen molar-refractivity contribution in [2.45, 2.75) is 4.90 Å². The summed E-state index contributed by atoms with van der Waals surface area (Å²) in [7, 11) is -2.22. The van der Waals surface area contributed by atoms with Crippen LogP contribution in [-0.2, 0) is 14.8 Å². The number of pyridine rings is 1. The average molecular weight is 343 g/mol. The number of H-pyrrole nitrogens is 2. The van der Waals surface area contributed by atoms with Crippen LogP contribution < -0.4 is 21.3 Å². The van der Waals surface area contributed by atoms with Crippen molar-refractivity contribution in [3.05, 3.63) is 33.1 Å². The Morgan fingerprint density at radius 2 is 2.00 bits per heavy atom. The van der Waals surface area contributed by atoms with Crippen LogP contribution in [0.15, 0.2) is 26.7 Å². The van der Waals surface area contributed by atoms with E-state index in [1.807, 2.05) is 4.98 Å². The van der Waals surface area contributed by atoms with Crippen molar-refractivity contribution in [1.29, 1.82) is 0 Å². The van der Waals surface area contributed by atoms with Gasteiger partial charge in [-0.05, 0) is 6.07 Å². The topological polar surface area (TPSA) is 146 Å². The van der Waals surface area contributed by atoms with Gasteiger partial charge in [0.15, 0.2) is 0 Å². The molecule has 0 amide bonds. The Morgan fingerprint density at radius 1 is 1.22 bits per heavy atom. The van der Waals surface area contributed by atoms with Gasteiger partial charge in [-0.1, -0.05) is 0 Å². The van der Waals surface area contributed by atoms with Crippen LogP contribution in [0.3, 0.4) is 0 Å². The van der Waals surface area contributed by atoms with E-state index in [-0.39, 0.29) is 22.5 Å². The van der Waals surface area contributed by atoms with Crippen LogP contribution in [0.1, 0.15) is 0 Å². The molecular weight excluding hydrogens is 326 g/mol. The van der Waals surface area contributed by atoms with Crippen LogP contribution in [-0.4, -0.2) is 56.7 Å². The molecule has 0 atom stereocenters. The van der Waals surface area contributed by atoms with Gasteiger partial charge in [-0.2, -0.15) is 0 Å². The average Bonchev–Trinajstić information content (AvgIpc) is 2.50. The second-order valence-corrected chi connectivity index (χ2v) is 6.38. The fraction of sp³-hybridized carbons (Fsp3) is 0.417. The zero-order chi connectivity index (χ0) is 16.9. The van der Waals surface area contributed by atoms with Crippen molar-refractivity contribution in [3.63, 3.8) is 0 Å². The molecule has 10 nitrogen and oxygen atoms in total. The quantitative estimate of drug-likeness (QED) is 0.410. The van der Waals surface area contributed by atoms with E-state index in [1.165, 1.54) is 0 Å². The first-order valence-electron chi connectivity index (χ1n) is 6.76. The number of aromatic nitrogens is 3. The molecular formula is C12H17N5O5S. The molecule has 11 heteroatoms. The number of nitrogens with zero attached hydrogens (tertiary/aromatic N) is 1. The van der Waals surface area contributed by atoms with Gasteiger partial charge in [-0.3, -0.25) is 14.8 Å². The van der Waals surface area contributed by atoms with Crippen molar-refractivity contribution >= 4 is 21.1 Å². The zero-order valence-electron chi connectivity index (χ0n) is 12.4. The van der Waals surface area contributed by atoms with Crippen molar-refractivity contribution in [3.8, 4) is 0 Å². The van der Waals surface area contributed by atoms with Gasteiger partial charge in [-0.15, -0.1) is 0 Å². The molecule has 2 aromatic heterocycles. The van der Waals surface area contributed by atoms with Gasteiger partial charge < -0.3 is 10.1 Å². The second-order valence-electron chi connectivity index (χ2n) is 4.62. The van der Waals surface area contributed by atoms with Crippen LogP contribution in [0.5, 0.6) is 0 Å². The molecule has 0 unspecified atom stereocenters. The molecule has 0 aliphatic heterocycles. The largest absolute Gasteiger partial charge is 0.383 e. The molecule has 0 aliphatic rings. The van der Waals surface area contributed by atoms with E-state index in [0.29, 0.717) is 19.7 Å². The SMILES string of the molecule is COCCNCCNS(=O)(=O)c1cnc2[nH]c(=O)[nH]c(=O)c2c1. The summed E-state index contributed by atoms with van der Waals surface area (Å²) in [6.07, 6.45) is 1.08. The Bertz CT molecular complexity index is 889. The number of fused-ring (bicyclic) bond motifs is 1. The van der Waals surface area contributed by atoms with Gasteiger partial charge in [0.25, 0.3) is 5.56 Å². The van der Waals surface area contributed by atoms with Gasteiger partial charge in [0.05, 0.1) is 12.0 Å².